The van der Waals surface area contributed by atoms with Gasteiger partial charge in [-0.1, -0.05) is 13.5 Å². The predicted molar refractivity (Wildman–Crippen MR) is 58.2 cm³/mol. The summed E-state index contributed by atoms with van der Waals surface area (Å²) >= 11 is 1.63. The third-order valence-electron chi connectivity index (χ3n) is 1.83. The number of nitrogens with one attached hydrogen (secondary N) is 1. The molecule has 4 heteroatoms. The number of carbonyl (C=O) groups is 1. The van der Waals surface area contributed by atoms with Gasteiger partial charge in [-0.3, -0.25) is 4.79 Å². The van der Waals surface area contributed by atoms with Crippen molar-refractivity contribution in [1.82, 2.24) is 10.3 Å². The smallest absolute Gasteiger partial charge is 0.243 e. The molecule has 14 heavy (non-hydrogen) atoms. The molecule has 3 nitrogen and oxygen atoms in total. The van der Waals surface area contributed by atoms with E-state index in [2.05, 4.69) is 23.8 Å². The van der Waals surface area contributed by atoms with Crippen molar-refractivity contribution in [3.63, 3.8) is 0 Å². The van der Waals surface area contributed by atoms with Gasteiger partial charge < -0.3 is 5.32 Å². The van der Waals surface area contributed by atoms with E-state index in [0.717, 1.165) is 11.4 Å². The average molecular weight is 210 g/mol. The molecule has 0 saturated carbocycles. The summed E-state index contributed by atoms with van der Waals surface area (Å²) in [6.45, 7) is 7.40. The zero-order valence-electron chi connectivity index (χ0n) is 8.41. The standard InChI is InChI=1S/C10H14N2OS/c1-4-8-6-11-10(14-8)7(3)12-9(13)5-2/h5-7H,2,4H2,1,3H3,(H,12,13). The van der Waals surface area contributed by atoms with E-state index in [4.69, 9.17) is 0 Å². The highest BCUT2D eigenvalue weighted by Gasteiger charge is 2.10. The van der Waals surface area contributed by atoms with E-state index in [1.54, 1.807) is 11.3 Å². The molecule has 1 aromatic heterocycles. The van der Waals surface area contributed by atoms with E-state index in [1.807, 2.05) is 13.1 Å². The van der Waals surface area contributed by atoms with Gasteiger partial charge in [0, 0.05) is 11.1 Å². The summed E-state index contributed by atoms with van der Waals surface area (Å²) in [6.07, 6.45) is 4.11. The maximum Gasteiger partial charge on any atom is 0.243 e. The van der Waals surface area contributed by atoms with Crippen LogP contribution in [0.1, 0.15) is 29.8 Å². The first-order chi connectivity index (χ1) is 6.67. The molecule has 0 aromatic carbocycles. The Labute approximate surface area is 87.9 Å². The molecular formula is C10H14N2OS. The molecule has 0 fully saturated rings. The minimum absolute atomic E-state index is 0.0363. The van der Waals surface area contributed by atoms with Crippen LogP contribution in [0.4, 0.5) is 0 Å². The zero-order chi connectivity index (χ0) is 10.6. The van der Waals surface area contributed by atoms with Gasteiger partial charge in [-0.05, 0) is 19.4 Å². The summed E-state index contributed by atoms with van der Waals surface area (Å²) in [5.74, 6) is -0.161. The Balaban J connectivity index is 2.64. The lowest BCUT2D eigenvalue weighted by Gasteiger charge is -2.08. The molecule has 0 aliphatic rings. The van der Waals surface area contributed by atoms with Crippen molar-refractivity contribution < 1.29 is 4.79 Å². The minimum Gasteiger partial charge on any atom is -0.344 e. The molecule has 1 unspecified atom stereocenters. The Hall–Kier alpha value is -1.16. The van der Waals surface area contributed by atoms with Gasteiger partial charge in [-0.25, -0.2) is 4.98 Å². The largest absolute Gasteiger partial charge is 0.344 e. The van der Waals surface area contributed by atoms with Crippen LogP contribution in [0.5, 0.6) is 0 Å². The monoisotopic (exact) mass is 210 g/mol. The number of aromatic nitrogens is 1. The molecule has 0 saturated heterocycles. The van der Waals surface area contributed by atoms with Crippen LogP contribution in [0.2, 0.25) is 0 Å². The van der Waals surface area contributed by atoms with E-state index in [1.165, 1.54) is 11.0 Å². The fourth-order valence-electron chi connectivity index (χ4n) is 1.02. The number of thiazole rings is 1. The van der Waals surface area contributed by atoms with Crippen LogP contribution < -0.4 is 5.32 Å². The number of nitrogens with zero attached hydrogens (tertiary/aromatic N) is 1. The number of carbonyl (C=O) groups excluding carboxylic acids is 1. The summed E-state index contributed by atoms with van der Waals surface area (Å²) in [4.78, 5) is 16.5. The molecule has 0 bridgehead atoms. The Bertz CT molecular complexity index is 333. The van der Waals surface area contributed by atoms with E-state index in [-0.39, 0.29) is 11.9 Å². The maximum atomic E-state index is 11.0. The van der Waals surface area contributed by atoms with Crippen LogP contribution >= 0.6 is 11.3 Å². The van der Waals surface area contributed by atoms with Gasteiger partial charge in [-0.15, -0.1) is 11.3 Å². The number of hydrogen-bond acceptors (Lipinski definition) is 3. The summed E-state index contributed by atoms with van der Waals surface area (Å²) in [5.41, 5.74) is 0. The third-order valence-corrected chi connectivity index (χ3v) is 3.16. The van der Waals surface area contributed by atoms with Gasteiger partial charge in [0.1, 0.15) is 5.01 Å². The van der Waals surface area contributed by atoms with Crippen molar-refractivity contribution in [2.45, 2.75) is 26.3 Å². The second-order valence-electron chi connectivity index (χ2n) is 2.95. The van der Waals surface area contributed by atoms with Gasteiger partial charge in [0.05, 0.1) is 6.04 Å². The lowest BCUT2D eigenvalue weighted by Crippen LogP contribution is -2.24. The van der Waals surface area contributed by atoms with Crippen LogP contribution in [0, 0.1) is 0 Å². The summed E-state index contributed by atoms with van der Waals surface area (Å²) in [5, 5.41) is 3.72. The molecule has 1 rings (SSSR count). The molecule has 0 spiro atoms. The van der Waals surface area contributed by atoms with Gasteiger partial charge in [0.15, 0.2) is 0 Å². The van der Waals surface area contributed by atoms with Crippen LogP contribution in [0.25, 0.3) is 0 Å². The Morgan fingerprint density at radius 2 is 2.57 bits per heavy atom. The van der Waals surface area contributed by atoms with E-state index < -0.39 is 0 Å². The Morgan fingerprint density at radius 1 is 1.86 bits per heavy atom. The molecule has 1 heterocycles. The van der Waals surface area contributed by atoms with E-state index in [9.17, 15) is 4.79 Å². The number of rotatable bonds is 4. The summed E-state index contributed by atoms with van der Waals surface area (Å²) < 4.78 is 0. The quantitative estimate of drug-likeness (QED) is 0.773. The van der Waals surface area contributed by atoms with Gasteiger partial charge in [0.2, 0.25) is 5.91 Å². The summed E-state index contributed by atoms with van der Waals surface area (Å²) in [6, 6.07) is -0.0363. The molecule has 1 amide bonds. The van der Waals surface area contributed by atoms with E-state index in [0.29, 0.717) is 0 Å². The van der Waals surface area contributed by atoms with Crippen molar-refractivity contribution >= 4 is 17.2 Å². The van der Waals surface area contributed by atoms with Crippen molar-refractivity contribution in [3.8, 4) is 0 Å². The van der Waals surface area contributed by atoms with Crippen LogP contribution in [0.3, 0.4) is 0 Å². The van der Waals surface area contributed by atoms with Gasteiger partial charge >= 0.3 is 0 Å². The fraction of sp³-hybridized carbons (Fsp3) is 0.400. The Kier molecular flexibility index (Phi) is 3.83. The highest BCUT2D eigenvalue weighted by Crippen LogP contribution is 2.19. The SMILES string of the molecule is C=CC(=O)NC(C)c1ncc(CC)s1. The molecular weight excluding hydrogens is 196 g/mol. The normalized spacial score (nSPS) is 12.1. The van der Waals surface area contributed by atoms with Gasteiger partial charge in [0.25, 0.3) is 0 Å². The maximum absolute atomic E-state index is 11.0. The number of aryl methyl sites for hydroxylation is 1. The van der Waals surface area contributed by atoms with Crippen molar-refractivity contribution in [1.29, 1.82) is 0 Å². The third kappa shape index (κ3) is 2.67. The number of hydrogen-bond donors (Lipinski definition) is 1. The molecule has 0 aliphatic heterocycles. The molecule has 1 N–H and O–H groups in total. The Morgan fingerprint density at radius 3 is 3.07 bits per heavy atom. The number of amides is 1. The van der Waals surface area contributed by atoms with Gasteiger partial charge in [-0.2, -0.15) is 0 Å². The molecule has 1 aromatic rings. The first-order valence-corrected chi connectivity index (χ1v) is 5.36. The first-order valence-electron chi connectivity index (χ1n) is 4.55. The minimum atomic E-state index is -0.161. The molecule has 0 aliphatic carbocycles. The van der Waals surface area contributed by atoms with E-state index >= 15 is 0 Å². The summed E-state index contributed by atoms with van der Waals surface area (Å²) in [7, 11) is 0. The topological polar surface area (TPSA) is 42.0 Å². The van der Waals surface area contributed by atoms with Crippen molar-refractivity contribution in [2.75, 3.05) is 0 Å². The molecule has 1 atom stereocenters. The first kappa shape index (κ1) is 10.9. The van der Waals surface area contributed by atoms with Crippen molar-refractivity contribution in [3.05, 3.63) is 28.7 Å². The zero-order valence-corrected chi connectivity index (χ0v) is 9.23. The van der Waals surface area contributed by atoms with Crippen LogP contribution in [0.15, 0.2) is 18.9 Å². The highest BCUT2D eigenvalue weighted by molar-refractivity contribution is 7.11. The molecule has 0 radical (unpaired) electrons. The lowest BCUT2D eigenvalue weighted by atomic mass is 10.3. The molecule has 76 valence electrons. The van der Waals surface area contributed by atoms with Crippen LogP contribution in [-0.4, -0.2) is 10.9 Å². The van der Waals surface area contributed by atoms with Crippen molar-refractivity contribution in [2.24, 2.45) is 0 Å². The highest BCUT2D eigenvalue weighted by atomic mass is 32.1. The fourth-order valence-corrected chi connectivity index (χ4v) is 1.88. The second-order valence-corrected chi connectivity index (χ2v) is 4.10. The predicted octanol–water partition coefficient (Wildman–Crippen LogP) is 2.07. The lowest BCUT2D eigenvalue weighted by molar-refractivity contribution is -0.117. The average Bonchev–Trinajstić information content (AvgIpc) is 2.65. The van der Waals surface area contributed by atoms with Crippen LogP contribution in [-0.2, 0) is 11.2 Å². The second kappa shape index (κ2) is 4.91.